The number of hydrogen-bond acceptors (Lipinski definition) is 6. The van der Waals surface area contributed by atoms with Crippen LogP contribution in [0.1, 0.15) is 0 Å². The first-order chi connectivity index (χ1) is 16.1. The summed E-state index contributed by atoms with van der Waals surface area (Å²) in [5.41, 5.74) is 4.97. The van der Waals surface area contributed by atoms with Gasteiger partial charge in [-0.1, -0.05) is 24.8 Å². The fourth-order valence-electron chi connectivity index (χ4n) is 3.72. The molecule has 2 aromatic carbocycles. The van der Waals surface area contributed by atoms with E-state index in [1.165, 1.54) is 6.08 Å². The Balaban J connectivity index is 1.37. The fourth-order valence-corrected chi connectivity index (χ4v) is 3.72. The average molecular weight is 436 g/mol. The van der Waals surface area contributed by atoms with E-state index in [0.717, 1.165) is 29.9 Å². The number of rotatable bonds is 6. The number of nitriles is 1. The second kappa shape index (κ2) is 8.48. The van der Waals surface area contributed by atoms with E-state index < -0.39 is 0 Å². The summed E-state index contributed by atoms with van der Waals surface area (Å²) in [4.78, 5) is 26.0. The van der Waals surface area contributed by atoms with Crippen LogP contribution in [0.5, 0.6) is 11.6 Å². The lowest BCUT2D eigenvalue weighted by Crippen LogP contribution is -2.45. The van der Waals surface area contributed by atoms with Gasteiger partial charge in [0.25, 0.3) is 0 Å². The molecule has 3 heterocycles. The standard InChI is InChI=1S/C25H20N6O2/c1-2-22(32)29-18-4-3-5-20(10-18)33-23-13-28-25-24(30-23)21(12-27-25)17-6-8-19(9-7-17)31-14-16(11-26)15-31/h2-10,12-13,16H,1,14-15H2,(H,27,28)(H,29,32). The summed E-state index contributed by atoms with van der Waals surface area (Å²) in [6, 6.07) is 17.5. The molecule has 1 fully saturated rings. The molecular formula is C25H20N6O2. The van der Waals surface area contributed by atoms with Gasteiger partial charge in [-0.2, -0.15) is 5.26 Å². The van der Waals surface area contributed by atoms with Crippen molar-refractivity contribution >= 4 is 28.4 Å². The van der Waals surface area contributed by atoms with E-state index in [1.54, 1.807) is 30.5 Å². The number of aromatic nitrogens is 3. The van der Waals surface area contributed by atoms with Crippen molar-refractivity contribution in [1.29, 1.82) is 5.26 Å². The van der Waals surface area contributed by atoms with E-state index in [9.17, 15) is 4.79 Å². The van der Waals surface area contributed by atoms with Crippen LogP contribution < -0.4 is 15.0 Å². The van der Waals surface area contributed by atoms with Gasteiger partial charge in [0.1, 0.15) is 11.3 Å². The van der Waals surface area contributed by atoms with Crippen LogP contribution in [0, 0.1) is 17.2 Å². The van der Waals surface area contributed by atoms with Crippen LogP contribution in [0.4, 0.5) is 11.4 Å². The third-order valence-electron chi connectivity index (χ3n) is 5.48. The first-order valence-corrected chi connectivity index (χ1v) is 10.4. The molecule has 162 valence electrons. The van der Waals surface area contributed by atoms with Gasteiger partial charge in [0.15, 0.2) is 5.65 Å². The molecule has 8 heteroatoms. The van der Waals surface area contributed by atoms with Gasteiger partial charge in [-0.05, 0) is 35.9 Å². The zero-order valence-electron chi connectivity index (χ0n) is 17.7. The van der Waals surface area contributed by atoms with Crippen molar-refractivity contribution < 1.29 is 9.53 Å². The predicted octanol–water partition coefficient (Wildman–Crippen LogP) is 4.50. The largest absolute Gasteiger partial charge is 0.437 e. The Labute approximate surface area is 190 Å². The second-order valence-electron chi connectivity index (χ2n) is 7.71. The number of ether oxygens (including phenoxy) is 1. The molecule has 1 aliphatic rings. The van der Waals surface area contributed by atoms with Gasteiger partial charge in [0.2, 0.25) is 11.8 Å². The third-order valence-corrected chi connectivity index (χ3v) is 5.48. The van der Waals surface area contributed by atoms with Crippen molar-refractivity contribution in [1.82, 2.24) is 15.0 Å². The number of nitrogens with zero attached hydrogens (tertiary/aromatic N) is 4. The summed E-state index contributed by atoms with van der Waals surface area (Å²) in [5.74, 6) is 0.689. The molecule has 0 atom stereocenters. The van der Waals surface area contributed by atoms with E-state index in [0.29, 0.717) is 28.5 Å². The van der Waals surface area contributed by atoms with Crippen LogP contribution in [0.15, 0.2) is 73.6 Å². The van der Waals surface area contributed by atoms with Crippen LogP contribution in [-0.2, 0) is 4.79 Å². The summed E-state index contributed by atoms with van der Waals surface area (Å²) in [6.45, 7) is 5.00. The molecule has 4 aromatic rings. The number of carbonyl (C=O) groups excluding carboxylic acids is 1. The quantitative estimate of drug-likeness (QED) is 0.431. The van der Waals surface area contributed by atoms with Gasteiger partial charge >= 0.3 is 0 Å². The van der Waals surface area contributed by atoms with Crippen molar-refractivity contribution in [3.8, 4) is 28.8 Å². The SMILES string of the molecule is C=CC(=O)Nc1cccc(Oc2cnc3[nH]cc(-c4ccc(N5CC(C#N)C5)cc4)c3n2)c1. The number of benzene rings is 2. The number of hydrogen-bond donors (Lipinski definition) is 2. The molecule has 0 aliphatic carbocycles. The highest BCUT2D eigenvalue weighted by Gasteiger charge is 2.26. The fraction of sp³-hybridized carbons (Fsp3) is 0.120. The van der Waals surface area contributed by atoms with Crippen LogP contribution in [-0.4, -0.2) is 33.9 Å². The number of nitrogens with one attached hydrogen (secondary N) is 2. The molecule has 1 amide bonds. The molecule has 0 saturated carbocycles. The minimum absolute atomic E-state index is 0.117. The van der Waals surface area contributed by atoms with Gasteiger partial charge in [0.05, 0.1) is 18.2 Å². The first kappa shape index (κ1) is 20.3. The maximum Gasteiger partial charge on any atom is 0.247 e. The lowest BCUT2D eigenvalue weighted by molar-refractivity contribution is -0.111. The molecule has 8 nitrogen and oxygen atoms in total. The Bertz CT molecular complexity index is 1380. The molecule has 2 aromatic heterocycles. The monoisotopic (exact) mass is 436 g/mol. The maximum atomic E-state index is 11.5. The Hall–Kier alpha value is -4.64. The highest BCUT2D eigenvalue weighted by Crippen LogP contribution is 2.32. The molecule has 1 aliphatic heterocycles. The summed E-state index contributed by atoms with van der Waals surface area (Å²) in [6.07, 6.45) is 4.64. The number of anilines is 2. The van der Waals surface area contributed by atoms with Crippen LogP contribution in [0.3, 0.4) is 0 Å². The zero-order valence-corrected chi connectivity index (χ0v) is 17.7. The molecule has 1 saturated heterocycles. The number of fused-ring (bicyclic) bond motifs is 1. The van der Waals surface area contributed by atoms with E-state index in [4.69, 9.17) is 10.00 Å². The maximum absolute atomic E-state index is 11.5. The summed E-state index contributed by atoms with van der Waals surface area (Å²) in [7, 11) is 0. The number of carbonyl (C=O) groups is 1. The topological polar surface area (TPSA) is 107 Å². The Kier molecular flexibility index (Phi) is 5.21. The highest BCUT2D eigenvalue weighted by molar-refractivity contribution is 5.99. The molecule has 0 bridgehead atoms. The molecular weight excluding hydrogens is 416 g/mol. The summed E-state index contributed by atoms with van der Waals surface area (Å²) in [5, 5.41) is 11.7. The normalized spacial score (nSPS) is 13.2. The second-order valence-corrected chi connectivity index (χ2v) is 7.71. The lowest BCUT2D eigenvalue weighted by atomic mass is 10.00. The minimum Gasteiger partial charge on any atom is -0.437 e. The van der Waals surface area contributed by atoms with E-state index in [2.05, 4.69) is 49.9 Å². The minimum atomic E-state index is -0.296. The lowest BCUT2D eigenvalue weighted by Gasteiger charge is -2.37. The Morgan fingerprint density at radius 3 is 2.85 bits per heavy atom. The molecule has 0 radical (unpaired) electrons. The van der Waals surface area contributed by atoms with Crippen molar-refractivity contribution in [3.63, 3.8) is 0 Å². The molecule has 33 heavy (non-hydrogen) atoms. The zero-order chi connectivity index (χ0) is 22.8. The highest BCUT2D eigenvalue weighted by atomic mass is 16.5. The van der Waals surface area contributed by atoms with E-state index in [-0.39, 0.29) is 11.8 Å². The van der Waals surface area contributed by atoms with Crippen molar-refractivity contribution in [2.45, 2.75) is 0 Å². The Morgan fingerprint density at radius 1 is 1.27 bits per heavy atom. The first-order valence-electron chi connectivity index (χ1n) is 10.4. The van der Waals surface area contributed by atoms with Crippen LogP contribution >= 0.6 is 0 Å². The third kappa shape index (κ3) is 4.12. The van der Waals surface area contributed by atoms with E-state index >= 15 is 0 Å². The van der Waals surface area contributed by atoms with Gasteiger partial charge in [0, 0.05) is 42.3 Å². The van der Waals surface area contributed by atoms with Crippen molar-refractivity contribution in [3.05, 3.63) is 73.6 Å². The molecule has 0 unspecified atom stereocenters. The van der Waals surface area contributed by atoms with Crippen LogP contribution in [0.2, 0.25) is 0 Å². The van der Waals surface area contributed by atoms with Gasteiger partial charge in [-0.25, -0.2) is 9.97 Å². The number of H-pyrrole nitrogens is 1. The summed E-state index contributed by atoms with van der Waals surface area (Å²) >= 11 is 0. The smallest absolute Gasteiger partial charge is 0.247 e. The van der Waals surface area contributed by atoms with Crippen molar-refractivity contribution in [2.24, 2.45) is 5.92 Å². The van der Waals surface area contributed by atoms with Crippen molar-refractivity contribution in [2.75, 3.05) is 23.3 Å². The number of aromatic amines is 1. The van der Waals surface area contributed by atoms with Gasteiger partial charge in [-0.15, -0.1) is 0 Å². The number of amides is 1. The van der Waals surface area contributed by atoms with Gasteiger partial charge < -0.3 is 19.9 Å². The average Bonchev–Trinajstić information content (AvgIpc) is 3.22. The van der Waals surface area contributed by atoms with E-state index in [1.807, 2.05) is 18.3 Å². The molecule has 5 rings (SSSR count). The predicted molar refractivity (Wildman–Crippen MR) is 126 cm³/mol. The summed E-state index contributed by atoms with van der Waals surface area (Å²) < 4.78 is 5.90. The molecule has 0 spiro atoms. The molecule has 2 N–H and O–H groups in total. The van der Waals surface area contributed by atoms with Crippen LogP contribution in [0.25, 0.3) is 22.3 Å². The van der Waals surface area contributed by atoms with Gasteiger partial charge in [-0.3, -0.25) is 4.79 Å². The Morgan fingerprint density at radius 2 is 2.09 bits per heavy atom.